The Morgan fingerprint density at radius 2 is 1.90 bits per heavy atom. The monoisotopic (exact) mass is 331 g/mol. The van der Waals surface area contributed by atoms with Gasteiger partial charge in [-0.05, 0) is 24.6 Å². The molecule has 0 saturated carbocycles. The maximum atomic E-state index is 6.10. The van der Waals surface area contributed by atoms with Gasteiger partial charge in [0.15, 0.2) is 0 Å². The zero-order valence-electron chi connectivity index (χ0n) is 12.8. The standard InChI is InChI=1S/C14H23Cl2N5/c1-10(2)12(21-6-4-20(3)5-7-21)9-17-13-11(15)8-18-14(16)19-13/h8,10,12H,4-7,9H2,1-3H3,(H,17,18,19). The molecule has 1 aliphatic rings. The number of halogens is 2. The van der Waals surface area contributed by atoms with Crippen LogP contribution in [0.4, 0.5) is 5.82 Å². The molecule has 0 amide bonds. The lowest BCUT2D eigenvalue weighted by Crippen LogP contribution is -2.52. The second-order valence-corrected chi connectivity index (χ2v) is 6.61. The molecule has 0 bridgehead atoms. The normalized spacial score (nSPS) is 19.0. The first kappa shape index (κ1) is 16.7. The lowest BCUT2D eigenvalue weighted by molar-refractivity contribution is 0.0944. The van der Waals surface area contributed by atoms with E-state index in [1.807, 2.05) is 0 Å². The zero-order chi connectivity index (χ0) is 15.4. The van der Waals surface area contributed by atoms with E-state index < -0.39 is 0 Å². The molecule has 2 heterocycles. The Hall–Kier alpha value is -0.620. The van der Waals surface area contributed by atoms with Gasteiger partial charge in [0.2, 0.25) is 5.28 Å². The summed E-state index contributed by atoms with van der Waals surface area (Å²) in [6.45, 7) is 9.72. The summed E-state index contributed by atoms with van der Waals surface area (Å²) in [7, 11) is 2.17. The summed E-state index contributed by atoms with van der Waals surface area (Å²) in [6, 6.07) is 0.448. The predicted molar refractivity (Wildman–Crippen MR) is 88.2 cm³/mol. The van der Waals surface area contributed by atoms with Gasteiger partial charge in [0.1, 0.15) is 10.8 Å². The molecule has 0 spiro atoms. The van der Waals surface area contributed by atoms with Gasteiger partial charge in [0, 0.05) is 38.8 Å². The number of nitrogens with one attached hydrogen (secondary N) is 1. The van der Waals surface area contributed by atoms with Crippen molar-refractivity contribution in [2.24, 2.45) is 5.92 Å². The van der Waals surface area contributed by atoms with Crippen molar-refractivity contribution < 1.29 is 0 Å². The van der Waals surface area contributed by atoms with E-state index in [-0.39, 0.29) is 5.28 Å². The van der Waals surface area contributed by atoms with Gasteiger partial charge in [0.25, 0.3) is 0 Å². The first-order valence-electron chi connectivity index (χ1n) is 7.32. The van der Waals surface area contributed by atoms with E-state index in [0.29, 0.717) is 22.8 Å². The van der Waals surface area contributed by atoms with Gasteiger partial charge in [-0.15, -0.1) is 0 Å². The molecule has 2 rings (SSSR count). The highest BCUT2D eigenvalue weighted by Crippen LogP contribution is 2.21. The van der Waals surface area contributed by atoms with E-state index in [1.54, 1.807) is 0 Å². The minimum atomic E-state index is 0.211. The molecule has 1 fully saturated rings. The minimum absolute atomic E-state index is 0.211. The molecule has 5 nitrogen and oxygen atoms in total. The summed E-state index contributed by atoms with van der Waals surface area (Å²) in [6.07, 6.45) is 1.53. The molecule has 118 valence electrons. The van der Waals surface area contributed by atoms with Crippen LogP contribution in [0.25, 0.3) is 0 Å². The van der Waals surface area contributed by atoms with Crippen molar-refractivity contribution in [3.05, 3.63) is 16.5 Å². The van der Waals surface area contributed by atoms with Crippen molar-refractivity contribution in [1.29, 1.82) is 0 Å². The average Bonchev–Trinajstić information content (AvgIpc) is 2.44. The van der Waals surface area contributed by atoms with Crippen molar-refractivity contribution in [2.75, 3.05) is 45.1 Å². The van der Waals surface area contributed by atoms with Gasteiger partial charge in [0.05, 0.1) is 6.20 Å². The summed E-state index contributed by atoms with van der Waals surface area (Å²) in [5.41, 5.74) is 0. The van der Waals surface area contributed by atoms with Gasteiger partial charge in [-0.1, -0.05) is 25.4 Å². The Morgan fingerprint density at radius 1 is 1.24 bits per heavy atom. The summed E-state index contributed by atoms with van der Waals surface area (Å²) >= 11 is 11.9. The molecule has 1 aromatic heterocycles. The molecule has 0 radical (unpaired) electrons. The molecule has 0 aliphatic carbocycles. The van der Waals surface area contributed by atoms with Crippen molar-refractivity contribution in [3.63, 3.8) is 0 Å². The van der Waals surface area contributed by atoms with E-state index >= 15 is 0 Å². The number of hydrogen-bond acceptors (Lipinski definition) is 5. The Bertz CT molecular complexity index is 461. The maximum Gasteiger partial charge on any atom is 0.224 e. The van der Waals surface area contributed by atoms with Crippen LogP contribution in [-0.2, 0) is 0 Å². The van der Waals surface area contributed by atoms with E-state index in [1.165, 1.54) is 6.20 Å². The summed E-state index contributed by atoms with van der Waals surface area (Å²) in [5, 5.41) is 4.03. The largest absolute Gasteiger partial charge is 0.367 e. The fraction of sp³-hybridized carbons (Fsp3) is 0.714. The molecule has 1 saturated heterocycles. The highest BCUT2D eigenvalue weighted by Gasteiger charge is 2.25. The summed E-state index contributed by atoms with van der Waals surface area (Å²) in [5.74, 6) is 1.16. The first-order valence-corrected chi connectivity index (χ1v) is 8.07. The van der Waals surface area contributed by atoms with Crippen molar-refractivity contribution in [2.45, 2.75) is 19.9 Å². The van der Waals surface area contributed by atoms with Crippen molar-refractivity contribution in [1.82, 2.24) is 19.8 Å². The fourth-order valence-corrected chi connectivity index (χ4v) is 2.90. The highest BCUT2D eigenvalue weighted by molar-refractivity contribution is 6.33. The van der Waals surface area contributed by atoms with E-state index in [9.17, 15) is 0 Å². The SMILES string of the molecule is CC(C)C(CNc1nc(Cl)ncc1Cl)N1CCN(C)CC1. The zero-order valence-corrected chi connectivity index (χ0v) is 14.3. The lowest BCUT2D eigenvalue weighted by Gasteiger charge is -2.40. The molecule has 1 aromatic rings. The Kier molecular flexibility index (Phi) is 6.05. The summed E-state index contributed by atoms with van der Waals surface area (Å²) in [4.78, 5) is 12.9. The topological polar surface area (TPSA) is 44.3 Å². The first-order chi connectivity index (χ1) is 9.97. The molecule has 1 atom stereocenters. The quantitative estimate of drug-likeness (QED) is 0.839. The maximum absolute atomic E-state index is 6.10. The molecule has 21 heavy (non-hydrogen) atoms. The second-order valence-electron chi connectivity index (χ2n) is 5.87. The Morgan fingerprint density at radius 3 is 2.52 bits per heavy atom. The van der Waals surface area contributed by atoms with Crippen LogP contribution in [0.1, 0.15) is 13.8 Å². The number of rotatable bonds is 5. The van der Waals surface area contributed by atoms with Crippen LogP contribution >= 0.6 is 23.2 Å². The summed E-state index contributed by atoms with van der Waals surface area (Å²) < 4.78 is 0. The van der Waals surface area contributed by atoms with Gasteiger partial charge < -0.3 is 10.2 Å². The number of likely N-dealkylation sites (N-methyl/N-ethyl adjacent to an activating group) is 1. The molecule has 7 heteroatoms. The smallest absolute Gasteiger partial charge is 0.224 e. The second kappa shape index (κ2) is 7.58. The van der Waals surface area contributed by atoms with Crippen LogP contribution in [0.15, 0.2) is 6.20 Å². The average molecular weight is 332 g/mol. The number of hydrogen-bond donors (Lipinski definition) is 1. The number of anilines is 1. The van der Waals surface area contributed by atoms with Crippen LogP contribution in [0.5, 0.6) is 0 Å². The number of nitrogens with zero attached hydrogens (tertiary/aromatic N) is 4. The van der Waals surface area contributed by atoms with Crippen molar-refractivity contribution in [3.8, 4) is 0 Å². The molecular formula is C14H23Cl2N5. The lowest BCUT2D eigenvalue weighted by atomic mass is 10.0. The predicted octanol–water partition coefficient (Wildman–Crippen LogP) is 2.47. The number of aromatic nitrogens is 2. The van der Waals surface area contributed by atoms with E-state index in [2.05, 4.69) is 46.0 Å². The molecule has 1 unspecified atom stereocenters. The Balaban J connectivity index is 1.98. The van der Waals surface area contributed by atoms with Crippen LogP contribution in [0, 0.1) is 5.92 Å². The molecule has 1 aliphatic heterocycles. The molecular weight excluding hydrogens is 309 g/mol. The van der Waals surface area contributed by atoms with Gasteiger partial charge in [-0.25, -0.2) is 4.98 Å². The van der Waals surface area contributed by atoms with E-state index in [0.717, 1.165) is 32.7 Å². The van der Waals surface area contributed by atoms with Crippen LogP contribution in [0.3, 0.4) is 0 Å². The van der Waals surface area contributed by atoms with Gasteiger partial charge >= 0.3 is 0 Å². The molecule has 0 aromatic carbocycles. The third-order valence-corrected chi connectivity index (χ3v) is 4.43. The number of piperazine rings is 1. The minimum Gasteiger partial charge on any atom is -0.367 e. The van der Waals surface area contributed by atoms with Crippen LogP contribution in [0.2, 0.25) is 10.3 Å². The molecule has 1 N–H and O–H groups in total. The van der Waals surface area contributed by atoms with Gasteiger partial charge in [-0.2, -0.15) is 4.98 Å². The third kappa shape index (κ3) is 4.68. The van der Waals surface area contributed by atoms with Crippen LogP contribution in [-0.4, -0.2) is 65.6 Å². The van der Waals surface area contributed by atoms with Crippen molar-refractivity contribution >= 4 is 29.0 Å². The van der Waals surface area contributed by atoms with E-state index in [4.69, 9.17) is 23.2 Å². The van der Waals surface area contributed by atoms with Crippen LogP contribution < -0.4 is 5.32 Å². The fourth-order valence-electron chi connectivity index (χ4n) is 2.61. The highest BCUT2D eigenvalue weighted by atomic mass is 35.5. The Labute approximate surface area is 136 Å². The van der Waals surface area contributed by atoms with Gasteiger partial charge in [-0.3, -0.25) is 4.90 Å². The third-order valence-electron chi connectivity index (χ3n) is 3.97.